The lowest BCUT2D eigenvalue weighted by Crippen LogP contribution is -2.04. The van der Waals surface area contributed by atoms with Gasteiger partial charge in [-0.3, -0.25) is 0 Å². The van der Waals surface area contributed by atoms with E-state index in [1.807, 2.05) is 6.07 Å². The SMILES string of the molecule is CC(C)Cc1cc2nc(N)c3ccccc3c2cc1CC(C)C. The Bertz CT molecular complexity index is 847. The number of pyridine rings is 1. The maximum absolute atomic E-state index is 6.18. The molecule has 2 heteroatoms. The van der Waals surface area contributed by atoms with Gasteiger partial charge in [-0.25, -0.2) is 4.98 Å². The van der Waals surface area contributed by atoms with Crippen molar-refractivity contribution in [3.63, 3.8) is 0 Å². The first kappa shape index (κ1) is 15.8. The van der Waals surface area contributed by atoms with Gasteiger partial charge in [0.1, 0.15) is 5.82 Å². The average Bonchev–Trinajstić information content (AvgIpc) is 2.48. The van der Waals surface area contributed by atoms with Crippen LogP contribution in [0.15, 0.2) is 36.4 Å². The molecule has 0 spiro atoms. The lowest BCUT2D eigenvalue weighted by Gasteiger charge is -2.16. The number of hydrogen-bond acceptors (Lipinski definition) is 2. The summed E-state index contributed by atoms with van der Waals surface area (Å²) < 4.78 is 0. The van der Waals surface area contributed by atoms with Crippen molar-refractivity contribution in [2.45, 2.75) is 40.5 Å². The van der Waals surface area contributed by atoms with E-state index in [9.17, 15) is 0 Å². The van der Waals surface area contributed by atoms with Crippen LogP contribution in [-0.4, -0.2) is 4.98 Å². The van der Waals surface area contributed by atoms with Gasteiger partial charge in [-0.15, -0.1) is 0 Å². The first-order valence-electron chi connectivity index (χ1n) is 8.55. The Morgan fingerprint density at radius 2 is 1.39 bits per heavy atom. The minimum atomic E-state index is 0.625. The van der Waals surface area contributed by atoms with E-state index in [0.717, 1.165) is 23.7 Å². The fourth-order valence-electron chi connectivity index (χ4n) is 3.38. The molecule has 0 unspecified atom stereocenters. The summed E-state index contributed by atoms with van der Waals surface area (Å²) in [6.07, 6.45) is 2.20. The molecule has 23 heavy (non-hydrogen) atoms. The Labute approximate surface area is 138 Å². The van der Waals surface area contributed by atoms with Crippen LogP contribution in [-0.2, 0) is 12.8 Å². The highest BCUT2D eigenvalue weighted by Gasteiger charge is 2.12. The second-order valence-electron chi connectivity index (χ2n) is 7.38. The number of benzene rings is 2. The van der Waals surface area contributed by atoms with Crippen LogP contribution in [0.3, 0.4) is 0 Å². The fraction of sp³-hybridized carbons (Fsp3) is 0.381. The van der Waals surface area contributed by atoms with Crippen molar-refractivity contribution >= 4 is 27.5 Å². The number of rotatable bonds is 4. The van der Waals surface area contributed by atoms with Gasteiger partial charge in [0.15, 0.2) is 0 Å². The molecule has 2 N–H and O–H groups in total. The molecule has 1 heterocycles. The van der Waals surface area contributed by atoms with E-state index in [0.29, 0.717) is 17.7 Å². The molecule has 3 rings (SSSR count). The van der Waals surface area contributed by atoms with Crippen LogP contribution >= 0.6 is 0 Å². The number of nitrogens with two attached hydrogens (primary N) is 1. The van der Waals surface area contributed by atoms with E-state index in [-0.39, 0.29) is 0 Å². The molecule has 3 aromatic rings. The molecule has 0 aliphatic rings. The molecular weight excluding hydrogens is 280 g/mol. The van der Waals surface area contributed by atoms with Crippen LogP contribution in [0.2, 0.25) is 0 Å². The highest BCUT2D eigenvalue weighted by Crippen LogP contribution is 2.31. The van der Waals surface area contributed by atoms with Gasteiger partial charge in [-0.05, 0) is 53.3 Å². The fourth-order valence-corrected chi connectivity index (χ4v) is 3.38. The Balaban J connectivity index is 2.30. The normalized spacial score (nSPS) is 11.9. The van der Waals surface area contributed by atoms with Crippen molar-refractivity contribution in [2.75, 3.05) is 5.73 Å². The second kappa shape index (κ2) is 6.19. The third-order valence-corrected chi connectivity index (χ3v) is 4.31. The van der Waals surface area contributed by atoms with Crippen LogP contribution in [0.25, 0.3) is 21.7 Å². The first-order valence-corrected chi connectivity index (χ1v) is 8.55. The van der Waals surface area contributed by atoms with E-state index in [1.165, 1.54) is 21.9 Å². The van der Waals surface area contributed by atoms with Gasteiger partial charge >= 0.3 is 0 Å². The summed E-state index contributed by atoms with van der Waals surface area (Å²) in [5.74, 6) is 1.91. The molecule has 2 aromatic carbocycles. The van der Waals surface area contributed by atoms with Crippen molar-refractivity contribution in [1.29, 1.82) is 0 Å². The van der Waals surface area contributed by atoms with Gasteiger partial charge in [0.2, 0.25) is 0 Å². The third kappa shape index (κ3) is 3.17. The molecule has 0 saturated carbocycles. The molecule has 0 amide bonds. The van der Waals surface area contributed by atoms with Gasteiger partial charge in [0.05, 0.1) is 5.52 Å². The van der Waals surface area contributed by atoms with Crippen LogP contribution < -0.4 is 5.73 Å². The molecule has 0 aliphatic carbocycles. The van der Waals surface area contributed by atoms with Gasteiger partial charge in [0, 0.05) is 10.8 Å². The van der Waals surface area contributed by atoms with E-state index >= 15 is 0 Å². The zero-order valence-corrected chi connectivity index (χ0v) is 14.6. The van der Waals surface area contributed by atoms with Gasteiger partial charge < -0.3 is 5.73 Å². The highest BCUT2D eigenvalue weighted by atomic mass is 14.8. The van der Waals surface area contributed by atoms with Crippen LogP contribution in [0, 0.1) is 11.8 Å². The van der Waals surface area contributed by atoms with Crippen molar-refractivity contribution in [2.24, 2.45) is 11.8 Å². The molecule has 0 atom stereocenters. The van der Waals surface area contributed by atoms with Crippen molar-refractivity contribution in [3.05, 3.63) is 47.5 Å². The summed E-state index contributed by atoms with van der Waals surface area (Å²) in [5, 5.41) is 3.47. The van der Waals surface area contributed by atoms with Crippen molar-refractivity contribution in [1.82, 2.24) is 4.98 Å². The summed E-state index contributed by atoms with van der Waals surface area (Å²) in [5.41, 5.74) is 10.1. The number of nitrogens with zero attached hydrogens (tertiary/aromatic N) is 1. The van der Waals surface area contributed by atoms with Crippen molar-refractivity contribution in [3.8, 4) is 0 Å². The van der Waals surface area contributed by atoms with Crippen LogP contribution in [0.5, 0.6) is 0 Å². The number of nitrogen functional groups attached to an aromatic ring is 1. The minimum Gasteiger partial charge on any atom is -0.383 e. The molecule has 0 fully saturated rings. The second-order valence-corrected chi connectivity index (χ2v) is 7.38. The Hall–Kier alpha value is -2.09. The maximum Gasteiger partial charge on any atom is 0.131 e. The molecule has 0 aliphatic heterocycles. The summed E-state index contributed by atoms with van der Waals surface area (Å²) in [6.45, 7) is 9.10. The van der Waals surface area contributed by atoms with Crippen molar-refractivity contribution < 1.29 is 0 Å². The summed E-state index contributed by atoms with van der Waals surface area (Å²) in [6, 6.07) is 12.9. The van der Waals surface area contributed by atoms with E-state index in [2.05, 4.69) is 63.0 Å². The van der Waals surface area contributed by atoms with E-state index in [4.69, 9.17) is 5.73 Å². The van der Waals surface area contributed by atoms with Crippen LogP contribution in [0.4, 0.5) is 5.82 Å². The monoisotopic (exact) mass is 306 g/mol. The largest absolute Gasteiger partial charge is 0.383 e. The third-order valence-electron chi connectivity index (χ3n) is 4.31. The van der Waals surface area contributed by atoms with E-state index < -0.39 is 0 Å². The quantitative estimate of drug-likeness (QED) is 0.658. The zero-order valence-electron chi connectivity index (χ0n) is 14.6. The van der Waals surface area contributed by atoms with Gasteiger partial charge in [0.25, 0.3) is 0 Å². The summed E-state index contributed by atoms with van der Waals surface area (Å²) in [7, 11) is 0. The van der Waals surface area contributed by atoms with Gasteiger partial charge in [-0.2, -0.15) is 0 Å². The standard InChI is InChI=1S/C21H26N2/c1-13(2)9-15-11-19-17-7-5-6-8-18(17)21(22)23-20(19)12-16(15)10-14(3)4/h5-8,11-14H,9-10H2,1-4H3,(H2,22,23). The smallest absolute Gasteiger partial charge is 0.131 e. The van der Waals surface area contributed by atoms with Gasteiger partial charge in [-0.1, -0.05) is 52.0 Å². The Morgan fingerprint density at radius 1 is 0.826 bits per heavy atom. The molecule has 1 aromatic heterocycles. The average molecular weight is 306 g/mol. The number of hydrogen-bond donors (Lipinski definition) is 1. The number of aromatic nitrogens is 1. The molecular formula is C21H26N2. The number of fused-ring (bicyclic) bond motifs is 3. The predicted molar refractivity (Wildman–Crippen MR) is 101 cm³/mol. The molecule has 0 bridgehead atoms. The van der Waals surface area contributed by atoms with Crippen LogP contribution in [0.1, 0.15) is 38.8 Å². The molecule has 2 nitrogen and oxygen atoms in total. The molecule has 120 valence electrons. The summed E-state index contributed by atoms with van der Waals surface area (Å²) >= 11 is 0. The summed E-state index contributed by atoms with van der Waals surface area (Å²) in [4.78, 5) is 4.67. The molecule has 0 radical (unpaired) electrons. The minimum absolute atomic E-state index is 0.625. The Kier molecular flexibility index (Phi) is 4.25. The lowest BCUT2D eigenvalue weighted by molar-refractivity contribution is 0.616. The topological polar surface area (TPSA) is 38.9 Å². The number of anilines is 1. The highest BCUT2D eigenvalue weighted by molar-refractivity contribution is 6.09. The maximum atomic E-state index is 6.18. The Morgan fingerprint density at radius 3 is 2.00 bits per heavy atom. The predicted octanol–water partition coefficient (Wildman–Crippen LogP) is 5.37. The first-order chi connectivity index (χ1) is 11.0. The zero-order chi connectivity index (χ0) is 16.6. The van der Waals surface area contributed by atoms with E-state index in [1.54, 1.807) is 0 Å². The lowest BCUT2D eigenvalue weighted by atomic mass is 9.90. The molecule has 0 saturated heterocycles.